The second-order valence-corrected chi connectivity index (χ2v) is 4.65. The first-order valence-electron chi connectivity index (χ1n) is 6.33. The third kappa shape index (κ3) is 4.61. The van der Waals surface area contributed by atoms with Gasteiger partial charge in [-0.3, -0.25) is 9.69 Å². The van der Waals surface area contributed by atoms with E-state index in [2.05, 4.69) is 0 Å². The fourth-order valence-corrected chi connectivity index (χ4v) is 2.16. The van der Waals surface area contributed by atoms with Crippen LogP contribution in [0.4, 0.5) is 0 Å². The zero-order chi connectivity index (χ0) is 12.8. The van der Waals surface area contributed by atoms with E-state index in [-0.39, 0.29) is 24.7 Å². The lowest BCUT2D eigenvalue weighted by molar-refractivity contribution is -0.144. The van der Waals surface area contributed by atoms with Gasteiger partial charge in [-0.1, -0.05) is 6.92 Å². The summed E-state index contributed by atoms with van der Waals surface area (Å²) in [5.41, 5.74) is 0. The Hall–Kier alpha value is -0.650. The van der Waals surface area contributed by atoms with Gasteiger partial charge < -0.3 is 14.7 Å². The van der Waals surface area contributed by atoms with E-state index in [1.165, 1.54) is 0 Å². The van der Waals surface area contributed by atoms with Crippen LogP contribution in [-0.2, 0) is 9.53 Å². The number of amides is 1. The Labute approximate surface area is 103 Å². The minimum atomic E-state index is 0.0943. The van der Waals surface area contributed by atoms with Crippen molar-refractivity contribution >= 4 is 5.91 Å². The van der Waals surface area contributed by atoms with Crippen molar-refractivity contribution in [3.8, 4) is 0 Å². The first kappa shape index (κ1) is 14.4. The number of aliphatic hydroxyl groups is 1. The summed E-state index contributed by atoms with van der Waals surface area (Å²) in [6.45, 7) is 9.11. The summed E-state index contributed by atoms with van der Waals surface area (Å²) in [6.07, 6.45) is 0.214. The first-order valence-corrected chi connectivity index (χ1v) is 6.33. The molecule has 1 amide bonds. The van der Waals surface area contributed by atoms with Gasteiger partial charge >= 0.3 is 0 Å². The van der Waals surface area contributed by atoms with Gasteiger partial charge in [0, 0.05) is 19.6 Å². The lowest BCUT2D eigenvalue weighted by atomic mass is 10.2. The van der Waals surface area contributed by atoms with Gasteiger partial charge in [-0.2, -0.15) is 0 Å². The van der Waals surface area contributed by atoms with Crippen LogP contribution in [0, 0.1) is 0 Å². The molecule has 0 spiro atoms. The third-order valence-corrected chi connectivity index (χ3v) is 2.99. The number of rotatable bonds is 5. The van der Waals surface area contributed by atoms with E-state index >= 15 is 0 Å². The molecular formula is C12H24N2O3. The van der Waals surface area contributed by atoms with Crippen LogP contribution in [0.5, 0.6) is 0 Å². The molecule has 2 unspecified atom stereocenters. The van der Waals surface area contributed by atoms with Crippen LogP contribution in [0.3, 0.4) is 0 Å². The normalized spacial score (nSPS) is 25.4. The SMILES string of the molecule is CCN(CCO)CC(=O)N1CC(C)OC(C)C1. The summed E-state index contributed by atoms with van der Waals surface area (Å²) in [4.78, 5) is 15.9. The Bertz CT molecular complexity index is 238. The van der Waals surface area contributed by atoms with E-state index < -0.39 is 0 Å². The molecule has 0 aromatic heterocycles. The highest BCUT2D eigenvalue weighted by Crippen LogP contribution is 2.11. The molecule has 2 atom stereocenters. The summed E-state index contributed by atoms with van der Waals surface area (Å²) in [6, 6.07) is 0. The molecule has 17 heavy (non-hydrogen) atoms. The van der Waals surface area contributed by atoms with Gasteiger partial charge in [-0.05, 0) is 20.4 Å². The third-order valence-electron chi connectivity index (χ3n) is 2.99. The number of carbonyl (C=O) groups is 1. The zero-order valence-electron chi connectivity index (χ0n) is 11.1. The monoisotopic (exact) mass is 244 g/mol. The highest BCUT2D eigenvalue weighted by atomic mass is 16.5. The highest BCUT2D eigenvalue weighted by Gasteiger charge is 2.26. The maximum atomic E-state index is 12.1. The van der Waals surface area contributed by atoms with Gasteiger partial charge in [0.05, 0.1) is 25.4 Å². The maximum absolute atomic E-state index is 12.1. The molecule has 0 aliphatic carbocycles. The van der Waals surface area contributed by atoms with Crippen LogP contribution in [0.1, 0.15) is 20.8 Å². The van der Waals surface area contributed by atoms with Crippen molar-refractivity contribution in [1.82, 2.24) is 9.80 Å². The van der Waals surface area contributed by atoms with Crippen LogP contribution < -0.4 is 0 Å². The van der Waals surface area contributed by atoms with Crippen molar-refractivity contribution in [1.29, 1.82) is 0 Å². The predicted molar refractivity (Wildman–Crippen MR) is 65.8 cm³/mol. The molecular weight excluding hydrogens is 220 g/mol. The maximum Gasteiger partial charge on any atom is 0.236 e. The Morgan fingerprint density at radius 2 is 2.00 bits per heavy atom. The Morgan fingerprint density at radius 1 is 1.41 bits per heavy atom. The average Bonchev–Trinajstić information content (AvgIpc) is 2.27. The summed E-state index contributed by atoms with van der Waals surface area (Å²) >= 11 is 0. The fraction of sp³-hybridized carbons (Fsp3) is 0.917. The summed E-state index contributed by atoms with van der Waals surface area (Å²) in [5, 5.41) is 8.89. The van der Waals surface area contributed by atoms with Gasteiger partial charge in [-0.15, -0.1) is 0 Å². The van der Waals surface area contributed by atoms with E-state index in [0.717, 1.165) is 6.54 Å². The minimum absolute atomic E-state index is 0.0943. The predicted octanol–water partition coefficient (Wildman–Crippen LogP) is -0.0636. The molecule has 1 rings (SSSR count). The van der Waals surface area contributed by atoms with E-state index in [1.807, 2.05) is 30.6 Å². The molecule has 5 nitrogen and oxygen atoms in total. The van der Waals surface area contributed by atoms with Gasteiger partial charge in [0.1, 0.15) is 0 Å². The smallest absolute Gasteiger partial charge is 0.236 e. The number of carbonyl (C=O) groups excluding carboxylic acids is 1. The van der Waals surface area contributed by atoms with Crippen LogP contribution in [0.25, 0.3) is 0 Å². The second-order valence-electron chi connectivity index (χ2n) is 4.65. The van der Waals surface area contributed by atoms with Crippen molar-refractivity contribution in [2.75, 3.05) is 39.3 Å². The molecule has 0 bridgehead atoms. The molecule has 100 valence electrons. The number of hydrogen-bond donors (Lipinski definition) is 1. The topological polar surface area (TPSA) is 53.0 Å². The molecule has 1 N–H and O–H groups in total. The molecule has 1 aliphatic rings. The van der Waals surface area contributed by atoms with Crippen molar-refractivity contribution in [2.24, 2.45) is 0 Å². The summed E-state index contributed by atoms with van der Waals surface area (Å²) in [7, 11) is 0. The van der Waals surface area contributed by atoms with Crippen LogP contribution in [0.2, 0.25) is 0 Å². The molecule has 0 aromatic carbocycles. The van der Waals surface area contributed by atoms with Gasteiger partial charge in [0.2, 0.25) is 5.91 Å². The molecule has 0 saturated carbocycles. The largest absolute Gasteiger partial charge is 0.395 e. The van der Waals surface area contributed by atoms with Crippen molar-refractivity contribution in [2.45, 2.75) is 33.0 Å². The molecule has 1 aliphatic heterocycles. The quantitative estimate of drug-likeness (QED) is 0.736. The number of likely N-dealkylation sites (N-methyl/N-ethyl adjacent to an activating group) is 1. The lowest BCUT2D eigenvalue weighted by Gasteiger charge is -2.36. The molecule has 1 heterocycles. The molecule has 0 radical (unpaired) electrons. The van der Waals surface area contributed by atoms with Gasteiger partial charge in [-0.25, -0.2) is 0 Å². The second kappa shape index (κ2) is 6.93. The van der Waals surface area contributed by atoms with E-state index in [4.69, 9.17) is 9.84 Å². The number of morpholine rings is 1. The van der Waals surface area contributed by atoms with Gasteiger partial charge in [0.25, 0.3) is 0 Å². The Balaban J connectivity index is 2.45. The molecule has 1 fully saturated rings. The Morgan fingerprint density at radius 3 is 2.47 bits per heavy atom. The molecule has 1 saturated heterocycles. The van der Waals surface area contributed by atoms with Crippen LogP contribution >= 0.6 is 0 Å². The fourth-order valence-electron chi connectivity index (χ4n) is 2.16. The number of aliphatic hydroxyl groups excluding tert-OH is 1. The summed E-state index contributed by atoms with van der Waals surface area (Å²) in [5.74, 6) is 0.127. The first-order chi connectivity index (χ1) is 8.06. The van der Waals surface area contributed by atoms with Crippen molar-refractivity contribution in [3.05, 3.63) is 0 Å². The number of ether oxygens (including phenoxy) is 1. The summed E-state index contributed by atoms with van der Waals surface area (Å²) < 4.78 is 5.60. The van der Waals surface area contributed by atoms with E-state index in [0.29, 0.717) is 26.2 Å². The highest BCUT2D eigenvalue weighted by molar-refractivity contribution is 5.78. The standard InChI is InChI=1S/C12H24N2O3/c1-4-13(5-6-15)9-12(16)14-7-10(2)17-11(3)8-14/h10-11,15H,4-9H2,1-3H3. The van der Waals surface area contributed by atoms with Crippen LogP contribution in [-0.4, -0.2) is 72.4 Å². The Kier molecular flexibility index (Phi) is 5.88. The van der Waals surface area contributed by atoms with Crippen molar-refractivity contribution in [3.63, 3.8) is 0 Å². The average molecular weight is 244 g/mol. The van der Waals surface area contributed by atoms with E-state index in [9.17, 15) is 4.79 Å². The van der Waals surface area contributed by atoms with Crippen molar-refractivity contribution < 1.29 is 14.6 Å². The van der Waals surface area contributed by atoms with Gasteiger partial charge in [0.15, 0.2) is 0 Å². The molecule has 5 heteroatoms. The number of hydrogen-bond acceptors (Lipinski definition) is 4. The lowest BCUT2D eigenvalue weighted by Crippen LogP contribution is -2.51. The zero-order valence-corrected chi connectivity index (χ0v) is 11.1. The van der Waals surface area contributed by atoms with E-state index in [1.54, 1.807) is 0 Å². The minimum Gasteiger partial charge on any atom is -0.395 e. The van der Waals surface area contributed by atoms with Crippen LogP contribution in [0.15, 0.2) is 0 Å². The number of nitrogens with zero attached hydrogens (tertiary/aromatic N) is 2. The molecule has 0 aromatic rings.